The van der Waals surface area contributed by atoms with Crippen LogP contribution in [-0.4, -0.2) is 47.9 Å². The first-order valence-electron chi connectivity index (χ1n) is 4.13. The monoisotopic (exact) mass is 182 g/mol. The number of hydrogen-bond donors (Lipinski definition) is 1. The van der Waals surface area contributed by atoms with E-state index in [-0.39, 0.29) is 6.03 Å². The minimum absolute atomic E-state index is 0.188. The number of hydrogen-bond acceptors (Lipinski definition) is 3. The smallest absolute Gasteiger partial charge is 0.335 e. The van der Waals surface area contributed by atoms with E-state index < -0.39 is 0 Å². The van der Waals surface area contributed by atoms with Crippen LogP contribution in [0.4, 0.5) is 4.79 Å². The molecule has 0 bridgehead atoms. The van der Waals surface area contributed by atoms with Gasteiger partial charge in [0.1, 0.15) is 0 Å². The van der Waals surface area contributed by atoms with Crippen LogP contribution in [-0.2, 0) is 0 Å². The van der Waals surface area contributed by atoms with E-state index >= 15 is 0 Å². The van der Waals surface area contributed by atoms with Crippen LogP contribution >= 0.6 is 0 Å². The van der Waals surface area contributed by atoms with Gasteiger partial charge in [0.2, 0.25) is 0 Å². The molecule has 5 heteroatoms. The van der Waals surface area contributed by atoms with Crippen molar-refractivity contribution in [2.45, 2.75) is 0 Å². The Morgan fingerprint density at radius 2 is 2.38 bits per heavy atom. The first-order valence-corrected chi connectivity index (χ1v) is 4.13. The van der Waals surface area contributed by atoms with E-state index in [0.29, 0.717) is 6.54 Å². The van der Waals surface area contributed by atoms with Gasteiger partial charge in [-0.2, -0.15) is 9.78 Å². The zero-order chi connectivity index (χ0) is 9.68. The van der Waals surface area contributed by atoms with E-state index in [9.17, 15) is 4.79 Å². The number of carbonyl (C=O) groups is 1. The molecule has 1 amide bonds. The lowest BCUT2D eigenvalue weighted by Gasteiger charge is -2.09. The SMILES string of the molecule is CN(C)CCNC(=O)n1cccn1. The van der Waals surface area contributed by atoms with Crippen LogP contribution in [0.25, 0.3) is 0 Å². The summed E-state index contributed by atoms with van der Waals surface area (Å²) >= 11 is 0. The summed E-state index contributed by atoms with van der Waals surface area (Å²) in [5.74, 6) is 0. The van der Waals surface area contributed by atoms with Crippen LogP contribution in [0.5, 0.6) is 0 Å². The normalized spacial score (nSPS) is 10.4. The molecule has 0 aliphatic rings. The first-order chi connectivity index (χ1) is 6.20. The van der Waals surface area contributed by atoms with Gasteiger partial charge in [-0.25, -0.2) is 4.79 Å². The van der Waals surface area contributed by atoms with E-state index in [1.807, 2.05) is 19.0 Å². The van der Waals surface area contributed by atoms with Crippen molar-refractivity contribution >= 4 is 6.03 Å². The van der Waals surface area contributed by atoms with Crippen LogP contribution in [0.15, 0.2) is 18.5 Å². The lowest BCUT2D eigenvalue weighted by Crippen LogP contribution is -2.34. The van der Waals surface area contributed by atoms with Gasteiger partial charge in [0, 0.05) is 25.5 Å². The zero-order valence-electron chi connectivity index (χ0n) is 7.90. The van der Waals surface area contributed by atoms with Crippen molar-refractivity contribution in [3.8, 4) is 0 Å². The molecule has 0 spiro atoms. The molecule has 1 aromatic heterocycles. The zero-order valence-corrected chi connectivity index (χ0v) is 7.90. The molecular weight excluding hydrogens is 168 g/mol. The molecule has 5 nitrogen and oxygen atoms in total. The van der Waals surface area contributed by atoms with Crippen LogP contribution in [0.1, 0.15) is 0 Å². The third-order valence-electron chi connectivity index (χ3n) is 1.55. The fourth-order valence-electron chi connectivity index (χ4n) is 0.856. The van der Waals surface area contributed by atoms with Gasteiger partial charge in [-0.05, 0) is 20.2 Å². The van der Waals surface area contributed by atoms with Crippen LogP contribution in [0.3, 0.4) is 0 Å². The number of nitrogens with zero attached hydrogens (tertiary/aromatic N) is 3. The summed E-state index contributed by atoms with van der Waals surface area (Å²) in [5, 5.41) is 6.54. The van der Waals surface area contributed by atoms with Gasteiger partial charge < -0.3 is 10.2 Å². The van der Waals surface area contributed by atoms with Gasteiger partial charge in [0.05, 0.1) is 0 Å². The Morgan fingerprint density at radius 3 is 2.92 bits per heavy atom. The summed E-state index contributed by atoms with van der Waals surface area (Å²) in [6.45, 7) is 1.46. The molecule has 0 unspecified atom stereocenters. The van der Waals surface area contributed by atoms with E-state index in [1.54, 1.807) is 18.5 Å². The van der Waals surface area contributed by atoms with E-state index in [1.165, 1.54) is 4.68 Å². The largest absolute Gasteiger partial charge is 0.342 e. The van der Waals surface area contributed by atoms with Gasteiger partial charge in [-0.1, -0.05) is 0 Å². The second kappa shape index (κ2) is 4.61. The summed E-state index contributed by atoms with van der Waals surface area (Å²) in [4.78, 5) is 13.3. The van der Waals surface area contributed by atoms with Crippen molar-refractivity contribution in [3.05, 3.63) is 18.5 Å². The molecule has 1 heterocycles. The summed E-state index contributed by atoms with van der Waals surface area (Å²) in [6, 6.07) is 1.53. The highest BCUT2D eigenvalue weighted by Gasteiger charge is 2.01. The van der Waals surface area contributed by atoms with Crippen LogP contribution < -0.4 is 5.32 Å². The Kier molecular flexibility index (Phi) is 3.45. The molecule has 0 saturated carbocycles. The third-order valence-corrected chi connectivity index (χ3v) is 1.55. The highest BCUT2D eigenvalue weighted by molar-refractivity contribution is 5.75. The van der Waals surface area contributed by atoms with Gasteiger partial charge in [0.15, 0.2) is 0 Å². The molecule has 0 aliphatic heterocycles. The number of aromatic nitrogens is 2. The predicted molar refractivity (Wildman–Crippen MR) is 49.6 cm³/mol. The molecule has 13 heavy (non-hydrogen) atoms. The summed E-state index contributed by atoms with van der Waals surface area (Å²) < 4.78 is 1.27. The standard InChI is InChI=1S/C8H14N4O/c1-11(2)7-5-9-8(13)12-6-3-4-10-12/h3-4,6H,5,7H2,1-2H3,(H,9,13). The van der Waals surface area contributed by atoms with Crippen molar-refractivity contribution in [3.63, 3.8) is 0 Å². The van der Waals surface area contributed by atoms with E-state index in [2.05, 4.69) is 10.4 Å². The summed E-state index contributed by atoms with van der Waals surface area (Å²) in [5.41, 5.74) is 0. The maximum absolute atomic E-state index is 11.3. The number of amides is 1. The van der Waals surface area contributed by atoms with Crippen molar-refractivity contribution < 1.29 is 4.79 Å². The highest BCUT2D eigenvalue weighted by atomic mass is 16.2. The van der Waals surface area contributed by atoms with Gasteiger partial charge in [-0.15, -0.1) is 0 Å². The summed E-state index contributed by atoms with van der Waals surface area (Å²) in [6.07, 6.45) is 3.19. The number of nitrogens with one attached hydrogen (secondary N) is 1. The quantitative estimate of drug-likeness (QED) is 0.716. The summed E-state index contributed by atoms with van der Waals surface area (Å²) in [7, 11) is 3.92. The molecule has 0 atom stereocenters. The molecule has 1 rings (SSSR count). The number of likely N-dealkylation sites (N-methyl/N-ethyl adjacent to an activating group) is 1. The molecule has 1 N–H and O–H groups in total. The lowest BCUT2D eigenvalue weighted by atomic mass is 10.6. The van der Waals surface area contributed by atoms with Crippen LogP contribution in [0.2, 0.25) is 0 Å². The van der Waals surface area contributed by atoms with Gasteiger partial charge in [-0.3, -0.25) is 0 Å². The lowest BCUT2D eigenvalue weighted by molar-refractivity contribution is 0.238. The van der Waals surface area contributed by atoms with Crippen molar-refractivity contribution in [1.29, 1.82) is 0 Å². The topological polar surface area (TPSA) is 50.2 Å². The Morgan fingerprint density at radius 1 is 1.62 bits per heavy atom. The minimum atomic E-state index is -0.188. The molecule has 1 aromatic rings. The second-order valence-electron chi connectivity index (χ2n) is 2.99. The third kappa shape index (κ3) is 3.25. The van der Waals surface area contributed by atoms with Crippen LogP contribution in [0, 0.1) is 0 Å². The van der Waals surface area contributed by atoms with Gasteiger partial charge >= 0.3 is 6.03 Å². The molecule has 0 radical (unpaired) electrons. The first kappa shape index (κ1) is 9.73. The maximum Gasteiger partial charge on any atom is 0.342 e. The molecule has 0 fully saturated rings. The van der Waals surface area contributed by atoms with Crippen molar-refractivity contribution in [1.82, 2.24) is 20.0 Å². The second-order valence-corrected chi connectivity index (χ2v) is 2.99. The number of carbonyl (C=O) groups excluding carboxylic acids is 1. The van der Waals surface area contributed by atoms with Crippen molar-refractivity contribution in [2.24, 2.45) is 0 Å². The number of rotatable bonds is 3. The molecule has 0 saturated heterocycles. The average Bonchev–Trinajstić information content (AvgIpc) is 2.55. The Balaban J connectivity index is 2.27. The average molecular weight is 182 g/mol. The Bertz CT molecular complexity index is 255. The fraction of sp³-hybridized carbons (Fsp3) is 0.500. The van der Waals surface area contributed by atoms with E-state index in [0.717, 1.165) is 6.54 Å². The maximum atomic E-state index is 11.3. The molecule has 72 valence electrons. The van der Waals surface area contributed by atoms with Crippen molar-refractivity contribution in [2.75, 3.05) is 27.2 Å². The van der Waals surface area contributed by atoms with Gasteiger partial charge in [0.25, 0.3) is 0 Å². The van der Waals surface area contributed by atoms with E-state index in [4.69, 9.17) is 0 Å². The molecular formula is C8H14N4O. The highest BCUT2D eigenvalue weighted by Crippen LogP contribution is 1.82. The Hall–Kier alpha value is -1.36. The molecule has 0 aliphatic carbocycles. The predicted octanol–water partition coefficient (Wildman–Crippen LogP) is 0.00240. The minimum Gasteiger partial charge on any atom is -0.335 e. The fourth-order valence-corrected chi connectivity index (χ4v) is 0.856. The molecule has 0 aromatic carbocycles. The Labute approximate surface area is 77.3 Å².